The second-order valence-corrected chi connectivity index (χ2v) is 4.55. The average Bonchev–Trinajstić information content (AvgIpc) is 2.73. The third-order valence-electron chi connectivity index (χ3n) is 2.25. The van der Waals surface area contributed by atoms with E-state index >= 15 is 0 Å². The van der Waals surface area contributed by atoms with Crippen molar-refractivity contribution < 1.29 is 9.90 Å². The third kappa shape index (κ3) is 3.21. The van der Waals surface area contributed by atoms with Crippen molar-refractivity contribution in [2.75, 3.05) is 0 Å². The average molecular weight is 286 g/mol. The van der Waals surface area contributed by atoms with Crippen LogP contribution in [0.4, 0.5) is 0 Å². The minimum atomic E-state index is -0.865. The molecule has 0 unspecified atom stereocenters. The molecule has 0 saturated heterocycles. The van der Waals surface area contributed by atoms with Gasteiger partial charge in [0.15, 0.2) is 0 Å². The van der Waals surface area contributed by atoms with Crippen LogP contribution in [0.2, 0.25) is 10.0 Å². The van der Waals surface area contributed by atoms with Gasteiger partial charge in [-0.25, -0.2) is 4.68 Å². The number of halogens is 2. The highest BCUT2D eigenvalue weighted by atomic mass is 35.5. The van der Waals surface area contributed by atoms with Crippen molar-refractivity contribution in [3.05, 3.63) is 40.1 Å². The minimum absolute atomic E-state index is 0.0228. The Kier molecular flexibility index (Phi) is 3.84. The van der Waals surface area contributed by atoms with E-state index in [-0.39, 0.29) is 6.42 Å². The quantitative estimate of drug-likeness (QED) is 0.938. The van der Waals surface area contributed by atoms with Crippen molar-refractivity contribution in [2.24, 2.45) is 0 Å². The topological polar surface area (TPSA) is 68.0 Å². The van der Waals surface area contributed by atoms with Crippen molar-refractivity contribution in [1.82, 2.24) is 15.0 Å². The van der Waals surface area contributed by atoms with Crippen molar-refractivity contribution >= 4 is 29.2 Å². The first-order chi connectivity index (χ1) is 8.54. The fourth-order valence-corrected chi connectivity index (χ4v) is 1.96. The third-order valence-corrected chi connectivity index (χ3v) is 2.68. The Morgan fingerprint density at radius 3 is 2.56 bits per heavy atom. The summed E-state index contributed by atoms with van der Waals surface area (Å²) < 4.78 is 1.51. The number of carbonyl (C=O) groups is 1. The first-order valence-corrected chi connectivity index (χ1v) is 5.89. The summed E-state index contributed by atoms with van der Waals surface area (Å²) in [4.78, 5) is 10.4. The van der Waals surface area contributed by atoms with E-state index < -0.39 is 5.97 Å². The summed E-state index contributed by atoms with van der Waals surface area (Å²) in [6, 6.07) is 5.01. The van der Waals surface area contributed by atoms with Gasteiger partial charge in [-0.1, -0.05) is 28.4 Å². The number of aliphatic carboxylic acids is 1. The molecule has 0 aliphatic heterocycles. The first-order valence-electron chi connectivity index (χ1n) is 5.14. The van der Waals surface area contributed by atoms with Crippen LogP contribution in [0.25, 0.3) is 5.69 Å². The summed E-state index contributed by atoms with van der Waals surface area (Å²) in [5.41, 5.74) is 1.29. The van der Waals surface area contributed by atoms with Crippen LogP contribution in [-0.2, 0) is 11.2 Å². The summed E-state index contributed by atoms with van der Waals surface area (Å²) in [5.74, 6) is -0.865. The molecule has 2 rings (SSSR count). The van der Waals surface area contributed by atoms with E-state index in [1.807, 2.05) is 0 Å². The molecule has 0 aliphatic carbocycles. The number of hydrogen-bond donors (Lipinski definition) is 1. The molecular formula is C11H9Cl2N3O2. The Labute approximate surface area is 113 Å². The van der Waals surface area contributed by atoms with E-state index in [0.717, 1.165) is 0 Å². The second-order valence-electron chi connectivity index (χ2n) is 3.68. The molecule has 1 aromatic heterocycles. The van der Waals surface area contributed by atoms with Crippen LogP contribution in [0.3, 0.4) is 0 Å². The largest absolute Gasteiger partial charge is 0.481 e. The SMILES string of the molecule is O=C(O)CCc1cn(-c2cc(Cl)cc(Cl)c2)nn1. The van der Waals surface area contributed by atoms with Gasteiger partial charge < -0.3 is 5.11 Å². The highest BCUT2D eigenvalue weighted by Crippen LogP contribution is 2.21. The number of rotatable bonds is 4. The van der Waals surface area contributed by atoms with Gasteiger partial charge in [0.05, 0.1) is 24.0 Å². The Hall–Kier alpha value is -1.59. The van der Waals surface area contributed by atoms with E-state index in [1.165, 1.54) is 4.68 Å². The Morgan fingerprint density at radius 2 is 1.94 bits per heavy atom. The molecule has 1 heterocycles. The van der Waals surface area contributed by atoms with Crippen LogP contribution in [-0.4, -0.2) is 26.1 Å². The summed E-state index contributed by atoms with van der Waals surface area (Å²) >= 11 is 11.8. The highest BCUT2D eigenvalue weighted by molar-refractivity contribution is 6.34. The number of carboxylic acids is 1. The zero-order valence-electron chi connectivity index (χ0n) is 9.18. The lowest BCUT2D eigenvalue weighted by atomic mass is 10.2. The number of hydrogen-bond acceptors (Lipinski definition) is 3. The lowest BCUT2D eigenvalue weighted by molar-refractivity contribution is -0.136. The standard InChI is InChI=1S/C11H9Cl2N3O2/c12-7-3-8(13)5-10(4-7)16-6-9(14-15-16)1-2-11(17)18/h3-6H,1-2H2,(H,17,18). The van der Waals surface area contributed by atoms with Gasteiger partial charge in [-0.3, -0.25) is 4.79 Å². The molecule has 0 aliphatic rings. The molecule has 2 aromatic rings. The predicted molar refractivity (Wildman–Crippen MR) is 67.3 cm³/mol. The van der Waals surface area contributed by atoms with E-state index in [2.05, 4.69) is 10.3 Å². The zero-order chi connectivity index (χ0) is 13.1. The molecule has 94 valence electrons. The van der Waals surface area contributed by atoms with Gasteiger partial charge in [-0.2, -0.15) is 0 Å². The monoisotopic (exact) mass is 285 g/mol. The number of aryl methyl sites for hydroxylation is 1. The van der Waals surface area contributed by atoms with Gasteiger partial charge in [0.1, 0.15) is 0 Å². The molecule has 0 atom stereocenters. The smallest absolute Gasteiger partial charge is 0.303 e. The van der Waals surface area contributed by atoms with Crippen molar-refractivity contribution in [1.29, 1.82) is 0 Å². The van der Waals surface area contributed by atoms with Gasteiger partial charge in [-0.05, 0) is 18.2 Å². The van der Waals surface area contributed by atoms with Crippen LogP contribution in [0, 0.1) is 0 Å². The molecule has 18 heavy (non-hydrogen) atoms. The summed E-state index contributed by atoms with van der Waals surface area (Å²) in [5, 5.41) is 17.4. The van der Waals surface area contributed by atoms with E-state index in [0.29, 0.717) is 27.8 Å². The summed E-state index contributed by atoms with van der Waals surface area (Å²) in [6.45, 7) is 0. The number of carboxylic acid groups (broad SMARTS) is 1. The highest BCUT2D eigenvalue weighted by Gasteiger charge is 2.06. The van der Waals surface area contributed by atoms with Crippen molar-refractivity contribution in [3.8, 4) is 5.69 Å². The van der Waals surface area contributed by atoms with Crippen molar-refractivity contribution in [2.45, 2.75) is 12.8 Å². The van der Waals surface area contributed by atoms with Crippen LogP contribution in [0.15, 0.2) is 24.4 Å². The molecular weight excluding hydrogens is 277 g/mol. The number of nitrogens with zero attached hydrogens (tertiary/aromatic N) is 3. The minimum Gasteiger partial charge on any atom is -0.481 e. The van der Waals surface area contributed by atoms with Crippen LogP contribution >= 0.6 is 23.2 Å². The molecule has 1 N–H and O–H groups in total. The molecule has 7 heteroatoms. The maximum absolute atomic E-state index is 10.4. The molecule has 0 radical (unpaired) electrons. The van der Waals surface area contributed by atoms with Gasteiger partial charge in [-0.15, -0.1) is 5.10 Å². The lowest BCUT2D eigenvalue weighted by Crippen LogP contribution is -1.97. The van der Waals surface area contributed by atoms with Crippen LogP contribution < -0.4 is 0 Å². The Bertz CT molecular complexity index is 563. The van der Waals surface area contributed by atoms with E-state index in [1.54, 1.807) is 24.4 Å². The van der Waals surface area contributed by atoms with Gasteiger partial charge in [0, 0.05) is 16.5 Å². The van der Waals surface area contributed by atoms with E-state index in [9.17, 15) is 4.79 Å². The Balaban J connectivity index is 2.21. The molecule has 0 spiro atoms. The van der Waals surface area contributed by atoms with Crippen molar-refractivity contribution in [3.63, 3.8) is 0 Å². The van der Waals surface area contributed by atoms with Crippen LogP contribution in [0.1, 0.15) is 12.1 Å². The second kappa shape index (κ2) is 5.37. The predicted octanol–water partition coefficient (Wildman–Crippen LogP) is 2.59. The molecule has 0 amide bonds. The maximum Gasteiger partial charge on any atom is 0.303 e. The fraction of sp³-hybridized carbons (Fsp3) is 0.182. The summed E-state index contributed by atoms with van der Waals surface area (Å²) in [6.07, 6.45) is 2.02. The normalized spacial score (nSPS) is 10.6. The Morgan fingerprint density at radius 1 is 1.28 bits per heavy atom. The number of aromatic nitrogens is 3. The van der Waals surface area contributed by atoms with Crippen LogP contribution in [0.5, 0.6) is 0 Å². The van der Waals surface area contributed by atoms with Gasteiger partial charge in [0.25, 0.3) is 0 Å². The van der Waals surface area contributed by atoms with Gasteiger partial charge >= 0.3 is 5.97 Å². The molecule has 1 aromatic carbocycles. The molecule has 0 fully saturated rings. The fourth-order valence-electron chi connectivity index (χ4n) is 1.45. The maximum atomic E-state index is 10.4. The van der Waals surface area contributed by atoms with E-state index in [4.69, 9.17) is 28.3 Å². The first kappa shape index (κ1) is 12.9. The zero-order valence-corrected chi connectivity index (χ0v) is 10.7. The number of benzene rings is 1. The lowest BCUT2D eigenvalue weighted by Gasteiger charge is -2.01. The molecule has 0 bridgehead atoms. The summed E-state index contributed by atoms with van der Waals surface area (Å²) in [7, 11) is 0. The molecule has 0 saturated carbocycles. The van der Waals surface area contributed by atoms with Gasteiger partial charge in [0.2, 0.25) is 0 Å². The molecule has 5 nitrogen and oxygen atoms in total.